The SMILES string of the molecule is C.CC(=NC(C)c1ccccc1)c1ccccc1.CC(N)c1ccccc1.CC(NC(C)c1ccccc1)c1ccccc1.CCc1ccccc1. The normalized spacial score (nSPS) is 12.7. The Morgan fingerprint density at radius 2 is 0.827 bits per heavy atom. The average Bonchev–Trinajstić information content (AvgIpc) is 3.20. The van der Waals surface area contributed by atoms with Gasteiger partial charge in [0.1, 0.15) is 0 Å². The lowest BCUT2D eigenvalue weighted by Gasteiger charge is -2.20. The summed E-state index contributed by atoms with van der Waals surface area (Å²) >= 11 is 0. The van der Waals surface area contributed by atoms with Crippen molar-refractivity contribution in [1.29, 1.82) is 0 Å². The highest BCUT2D eigenvalue weighted by Crippen LogP contribution is 2.19. The van der Waals surface area contributed by atoms with Crippen LogP contribution in [0.2, 0.25) is 0 Å². The predicted octanol–water partition coefficient (Wildman–Crippen LogP) is 12.9. The summed E-state index contributed by atoms with van der Waals surface area (Å²) in [5, 5.41) is 3.61. The van der Waals surface area contributed by atoms with Crippen molar-refractivity contribution < 1.29 is 0 Å². The second-order valence-corrected chi connectivity index (χ2v) is 12.6. The number of hydrogen-bond acceptors (Lipinski definition) is 3. The molecule has 0 aromatic heterocycles. The summed E-state index contributed by atoms with van der Waals surface area (Å²) in [4.78, 5) is 4.73. The molecule has 4 atom stereocenters. The lowest BCUT2D eigenvalue weighted by molar-refractivity contribution is 0.495. The van der Waals surface area contributed by atoms with E-state index in [1.165, 1.54) is 33.4 Å². The first-order valence-electron chi connectivity index (χ1n) is 18.1. The molecule has 4 unspecified atom stereocenters. The minimum absolute atomic E-state index is 0. The van der Waals surface area contributed by atoms with Crippen LogP contribution in [0.3, 0.4) is 0 Å². The Balaban J connectivity index is 0.000000251. The molecule has 3 nitrogen and oxygen atoms in total. The van der Waals surface area contributed by atoms with Gasteiger partial charge in [-0.05, 0) is 74.4 Å². The Labute approximate surface area is 315 Å². The minimum atomic E-state index is 0. The van der Waals surface area contributed by atoms with E-state index in [1.807, 2.05) is 67.6 Å². The van der Waals surface area contributed by atoms with Gasteiger partial charge in [0.05, 0.1) is 6.04 Å². The van der Waals surface area contributed by atoms with Crippen LogP contribution in [-0.4, -0.2) is 5.71 Å². The molecule has 0 fully saturated rings. The highest BCUT2D eigenvalue weighted by atomic mass is 14.9. The molecule has 0 spiro atoms. The molecule has 0 aliphatic heterocycles. The molecule has 6 aromatic carbocycles. The monoisotopic (exact) mass is 691 g/mol. The Morgan fingerprint density at radius 1 is 0.500 bits per heavy atom. The molecule has 0 saturated carbocycles. The largest absolute Gasteiger partial charge is 0.324 e. The van der Waals surface area contributed by atoms with Crippen LogP contribution >= 0.6 is 0 Å². The average molecular weight is 692 g/mol. The summed E-state index contributed by atoms with van der Waals surface area (Å²) in [6.45, 7) is 12.7. The Hall–Kier alpha value is -5.09. The van der Waals surface area contributed by atoms with Gasteiger partial charge in [-0.1, -0.05) is 196 Å². The highest BCUT2D eigenvalue weighted by Gasteiger charge is 2.10. The van der Waals surface area contributed by atoms with Crippen molar-refractivity contribution in [2.24, 2.45) is 10.7 Å². The van der Waals surface area contributed by atoms with Gasteiger partial charge in [0.15, 0.2) is 0 Å². The van der Waals surface area contributed by atoms with Crippen molar-refractivity contribution in [3.63, 3.8) is 0 Å². The van der Waals surface area contributed by atoms with E-state index in [0.29, 0.717) is 12.1 Å². The van der Waals surface area contributed by atoms with Gasteiger partial charge in [0.25, 0.3) is 0 Å². The molecule has 0 heterocycles. The zero-order chi connectivity index (χ0) is 36.7. The summed E-state index contributed by atoms with van der Waals surface area (Å²) in [7, 11) is 0. The molecule has 272 valence electrons. The quantitative estimate of drug-likeness (QED) is 0.148. The molecular formula is C49H61N3. The molecule has 52 heavy (non-hydrogen) atoms. The van der Waals surface area contributed by atoms with E-state index in [-0.39, 0.29) is 19.5 Å². The van der Waals surface area contributed by atoms with Gasteiger partial charge in [-0.15, -0.1) is 0 Å². The first kappa shape index (κ1) is 43.1. The van der Waals surface area contributed by atoms with E-state index < -0.39 is 0 Å². The zero-order valence-electron chi connectivity index (χ0n) is 31.4. The van der Waals surface area contributed by atoms with Gasteiger partial charge in [0.2, 0.25) is 0 Å². The maximum atomic E-state index is 5.61. The first-order valence-corrected chi connectivity index (χ1v) is 18.1. The summed E-state index contributed by atoms with van der Waals surface area (Å²) in [5.74, 6) is 0. The Morgan fingerprint density at radius 3 is 1.15 bits per heavy atom. The van der Waals surface area contributed by atoms with E-state index in [9.17, 15) is 0 Å². The molecule has 0 saturated heterocycles. The van der Waals surface area contributed by atoms with Crippen molar-refractivity contribution in [2.45, 2.75) is 79.6 Å². The molecule has 3 N–H and O–H groups in total. The van der Waals surface area contributed by atoms with Gasteiger partial charge < -0.3 is 11.1 Å². The van der Waals surface area contributed by atoms with Crippen molar-refractivity contribution in [3.8, 4) is 0 Å². The van der Waals surface area contributed by atoms with Crippen molar-refractivity contribution in [3.05, 3.63) is 215 Å². The van der Waals surface area contributed by atoms with E-state index in [1.54, 1.807) is 0 Å². The van der Waals surface area contributed by atoms with Gasteiger partial charge >= 0.3 is 0 Å². The second-order valence-electron chi connectivity index (χ2n) is 12.6. The Kier molecular flexibility index (Phi) is 20.7. The smallest absolute Gasteiger partial charge is 0.0724 e. The summed E-state index contributed by atoms with van der Waals surface area (Å²) in [6.07, 6.45) is 1.14. The third-order valence-corrected chi connectivity index (χ3v) is 8.54. The molecule has 0 aliphatic carbocycles. The highest BCUT2D eigenvalue weighted by molar-refractivity contribution is 5.98. The number of aliphatic imine (C=N–C) groups is 1. The molecule has 3 heteroatoms. The third kappa shape index (κ3) is 16.3. The van der Waals surface area contributed by atoms with Crippen LogP contribution in [0.1, 0.15) is 107 Å². The van der Waals surface area contributed by atoms with Gasteiger partial charge in [-0.2, -0.15) is 0 Å². The number of benzene rings is 6. The standard InChI is InChI=1S/C16H19N.C16H17N.C8H11N.C8H10.CH4/c2*1-13(15-9-5-3-6-10-15)17-14(2)16-11-7-4-8-12-16;1-7(9)8-5-3-2-4-6-8;1-2-8-6-4-3-5-7-8;/h3-14,17H,1-2H3;3-13H,1-2H3;2-7H,9H2,1H3;3-7H,2H2,1H3;1H4. The van der Waals surface area contributed by atoms with Gasteiger partial charge in [-0.3, -0.25) is 4.99 Å². The van der Waals surface area contributed by atoms with Crippen LogP contribution in [-0.2, 0) is 6.42 Å². The van der Waals surface area contributed by atoms with Crippen LogP contribution in [0.4, 0.5) is 0 Å². The maximum absolute atomic E-state index is 5.61. The lowest BCUT2D eigenvalue weighted by atomic mass is 10.0. The van der Waals surface area contributed by atoms with Crippen LogP contribution in [0.25, 0.3) is 0 Å². The van der Waals surface area contributed by atoms with E-state index in [0.717, 1.165) is 12.1 Å². The number of hydrogen-bond donors (Lipinski definition) is 2. The van der Waals surface area contributed by atoms with Gasteiger partial charge in [-0.25, -0.2) is 0 Å². The Bertz CT molecular complexity index is 1700. The van der Waals surface area contributed by atoms with Crippen molar-refractivity contribution in [1.82, 2.24) is 5.32 Å². The maximum Gasteiger partial charge on any atom is 0.0724 e. The van der Waals surface area contributed by atoms with Crippen LogP contribution < -0.4 is 11.1 Å². The predicted molar refractivity (Wildman–Crippen MR) is 228 cm³/mol. The van der Waals surface area contributed by atoms with Gasteiger partial charge in [0, 0.05) is 23.8 Å². The fourth-order valence-electron chi connectivity index (χ4n) is 5.37. The lowest BCUT2D eigenvalue weighted by Crippen LogP contribution is -2.22. The number of aryl methyl sites for hydroxylation is 1. The van der Waals surface area contributed by atoms with E-state index >= 15 is 0 Å². The number of nitrogens with zero attached hydrogens (tertiary/aromatic N) is 1. The van der Waals surface area contributed by atoms with E-state index in [4.69, 9.17) is 10.7 Å². The van der Waals surface area contributed by atoms with Crippen molar-refractivity contribution >= 4 is 5.71 Å². The number of nitrogens with two attached hydrogens (primary N) is 1. The fraction of sp³-hybridized carbons (Fsp3) is 0.245. The second kappa shape index (κ2) is 25.0. The van der Waals surface area contributed by atoms with E-state index in [2.05, 4.69) is 161 Å². The van der Waals surface area contributed by atoms with Crippen LogP contribution in [0.15, 0.2) is 187 Å². The summed E-state index contributed by atoms with van der Waals surface area (Å²) < 4.78 is 0. The molecule has 0 amide bonds. The molecule has 6 rings (SSSR count). The summed E-state index contributed by atoms with van der Waals surface area (Å²) in [5.41, 5.74) is 14.4. The molecule has 0 bridgehead atoms. The van der Waals surface area contributed by atoms with Crippen LogP contribution in [0, 0.1) is 0 Å². The first-order chi connectivity index (χ1) is 24.8. The zero-order valence-corrected chi connectivity index (χ0v) is 31.4. The van der Waals surface area contributed by atoms with Crippen LogP contribution in [0.5, 0.6) is 0 Å². The fourth-order valence-corrected chi connectivity index (χ4v) is 5.37. The number of nitrogens with one attached hydrogen (secondary N) is 1. The molecular weight excluding hydrogens is 631 g/mol. The number of rotatable bonds is 9. The third-order valence-electron chi connectivity index (χ3n) is 8.54. The molecule has 0 aliphatic rings. The molecule has 6 aromatic rings. The summed E-state index contributed by atoms with van der Waals surface area (Å²) in [6, 6.07) is 63.4. The molecule has 0 radical (unpaired) electrons. The topological polar surface area (TPSA) is 50.4 Å². The minimum Gasteiger partial charge on any atom is -0.324 e. The van der Waals surface area contributed by atoms with Crippen molar-refractivity contribution in [2.75, 3.05) is 0 Å².